The van der Waals surface area contributed by atoms with Gasteiger partial charge in [0.1, 0.15) is 17.2 Å². The number of aromatic nitrogens is 2. The standard InChI is InChI=1S/C14H9ClFN3O/c15-10-5-8(13(17)20)6-11-12(10)19-14(18-11)7-1-3-9(16)4-2-7/h1-6H,(H2,17,20)(H,18,19). The Labute approximate surface area is 118 Å². The number of benzene rings is 2. The SMILES string of the molecule is NC(=O)c1cc(Cl)c2nc(-c3ccc(F)cc3)[nH]c2c1. The van der Waals surface area contributed by atoms with Crippen molar-refractivity contribution in [2.45, 2.75) is 0 Å². The van der Waals surface area contributed by atoms with Crippen LogP contribution in [0.5, 0.6) is 0 Å². The maximum Gasteiger partial charge on any atom is 0.248 e. The fourth-order valence-corrected chi connectivity index (χ4v) is 2.22. The van der Waals surface area contributed by atoms with E-state index < -0.39 is 5.91 Å². The number of primary amides is 1. The summed E-state index contributed by atoms with van der Waals surface area (Å²) in [6.07, 6.45) is 0. The second-order valence-electron chi connectivity index (χ2n) is 4.31. The number of hydrogen-bond acceptors (Lipinski definition) is 2. The highest BCUT2D eigenvalue weighted by molar-refractivity contribution is 6.35. The first-order valence-corrected chi connectivity index (χ1v) is 6.17. The van der Waals surface area contributed by atoms with Gasteiger partial charge in [-0.05, 0) is 36.4 Å². The molecule has 100 valence electrons. The summed E-state index contributed by atoms with van der Waals surface area (Å²) in [6.45, 7) is 0. The van der Waals surface area contributed by atoms with Gasteiger partial charge in [0, 0.05) is 11.1 Å². The highest BCUT2D eigenvalue weighted by Crippen LogP contribution is 2.27. The molecule has 3 aromatic rings. The van der Waals surface area contributed by atoms with Crippen LogP contribution in [0.15, 0.2) is 36.4 Å². The van der Waals surface area contributed by atoms with Gasteiger partial charge in [0.15, 0.2) is 0 Å². The summed E-state index contributed by atoms with van der Waals surface area (Å²) in [5, 5.41) is 0.334. The molecule has 0 saturated heterocycles. The van der Waals surface area contributed by atoms with Crippen LogP contribution in [0, 0.1) is 5.82 Å². The molecule has 0 radical (unpaired) electrons. The summed E-state index contributed by atoms with van der Waals surface area (Å²) >= 11 is 6.08. The van der Waals surface area contributed by atoms with E-state index in [1.807, 2.05) is 0 Å². The average molecular weight is 290 g/mol. The fraction of sp³-hybridized carbons (Fsp3) is 0. The van der Waals surface area contributed by atoms with E-state index in [2.05, 4.69) is 9.97 Å². The molecule has 0 saturated carbocycles. The summed E-state index contributed by atoms with van der Waals surface area (Å²) in [7, 11) is 0. The largest absolute Gasteiger partial charge is 0.366 e. The Morgan fingerprint density at radius 1 is 1.25 bits per heavy atom. The van der Waals surface area contributed by atoms with Crippen LogP contribution in [0.25, 0.3) is 22.4 Å². The number of carbonyl (C=O) groups is 1. The lowest BCUT2D eigenvalue weighted by Crippen LogP contribution is -2.10. The molecule has 2 aromatic carbocycles. The van der Waals surface area contributed by atoms with Gasteiger partial charge in [0.05, 0.1) is 10.5 Å². The lowest BCUT2D eigenvalue weighted by atomic mass is 10.2. The number of nitrogens with one attached hydrogen (secondary N) is 1. The van der Waals surface area contributed by atoms with E-state index in [1.165, 1.54) is 18.2 Å². The van der Waals surface area contributed by atoms with Crippen LogP contribution in [-0.4, -0.2) is 15.9 Å². The minimum absolute atomic E-state index is 0.303. The second kappa shape index (κ2) is 4.61. The molecule has 0 atom stereocenters. The van der Waals surface area contributed by atoms with Crippen molar-refractivity contribution in [2.24, 2.45) is 5.73 Å². The number of fused-ring (bicyclic) bond motifs is 1. The number of aromatic amines is 1. The van der Waals surface area contributed by atoms with Crippen molar-refractivity contribution in [3.63, 3.8) is 0 Å². The predicted octanol–water partition coefficient (Wildman–Crippen LogP) is 3.12. The van der Waals surface area contributed by atoms with Gasteiger partial charge in [-0.25, -0.2) is 9.37 Å². The molecule has 0 aliphatic heterocycles. The molecule has 0 fully saturated rings. The predicted molar refractivity (Wildman–Crippen MR) is 75.0 cm³/mol. The van der Waals surface area contributed by atoms with Crippen molar-refractivity contribution in [2.75, 3.05) is 0 Å². The quantitative estimate of drug-likeness (QED) is 0.761. The van der Waals surface area contributed by atoms with Gasteiger partial charge >= 0.3 is 0 Å². The molecule has 0 bridgehead atoms. The van der Waals surface area contributed by atoms with Crippen LogP contribution >= 0.6 is 11.6 Å². The Kier molecular flexibility index (Phi) is 2.91. The van der Waals surface area contributed by atoms with Gasteiger partial charge in [0.2, 0.25) is 5.91 Å². The minimum Gasteiger partial charge on any atom is -0.366 e. The average Bonchev–Trinajstić information content (AvgIpc) is 2.84. The molecule has 20 heavy (non-hydrogen) atoms. The lowest BCUT2D eigenvalue weighted by Gasteiger charge is -1.97. The first kappa shape index (κ1) is 12.6. The highest BCUT2D eigenvalue weighted by Gasteiger charge is 2.12. The number of nitrogens with zero attached hydrogens (tertiary/aromatic N) is 1. The molecule has 1 heterocycles. The number of hydrogen-bond donors (Lipinski definition) is 2. The molecular weight excluding hydrogens is 281 g/mol. The summed E-state index contributed by atoms with van der Waals surface area (Å²) in [5.41, 5.74) is 7.40. The molecule has 0 unspecified atom stereocenters. The van der Waals surface area contributed by atoms with Gasteiger partial charge in [0.25, 0.3) is 0 Å². The van der Waals surface area contributed by atoms with E-state index >= 15 is 0 Å². The van der Waals surface area contributed by atoms with Crippen molar-refractivity contribution < 1.29 is 9.18 Å². The molecule has 1 amide bonds. The van der Waals surface area contributed by atoms with Crippen molar-refractivity contribution in [1.82, 2.24) is 9.97 Å². The van der Waals surface area contributed by atoms with Gasteiger partial charge in [-0.1, -0.05) is 11.6 Å². The topological polar surface area (TPSA) is 71.8 Å². The van der Waals surface area contributed by atoms with E-state index in [0.29, 0.717) is 27.4 Å². The van der Waals surface area contributed by atoms with Crippen molar-refractivity contribution in [3.8, 4) is 11.4 Å². The Hall–Kier alpha value is -2.40. The van der Waals surface area contributed by atoms with E-state index in [4.69, 9.17) is 17.3 Å². The third-order valence-electron chi connectivity index (χ3n) is 2.94. The minimum atomic E-state index is -0.563. The van der Waals surface area contributed by atoms with E-state index in [1.54, 1.807) is 18.2 Å². The Morgan fingerprint density at radius 2 is 1.95 bits per heavy atom. The lowest BCUT2D eigenvalue weighted by molar-refractivity contribution is 0.100. The molecule has 1 aromatic heterocycles. The van der Waals surface area contributed by atoms with Crippen molar-refractivity contribution in [3.05, 3.63) is 52.8 Å². The van der Waals surface area contributed by atoms with E-state index in [-0.39, 0.29) is 5.82 Å². The molecule has 4 nitrogen and oxygen atoms in total. The molecule has 6 heteroatoms. The van der Waals surface area contributed by atoms with Gasteiger partial charge in [-0.15, -0.1) is 0 Å². The first-order valence-electron chi connectivity index (χ1n) is 5.79. The van der Waals surface area contributed by atoms with Crippen LogP contribution in [-0.2, 0) is 0 Å². The summed E-state index contributed by atoms with van der Waals surface area (Å²) in [6, 6.07) is 8.97. The van der Waals surface area contributed by atoms with Gasteiger partial charge in [-0.3, -0.25) is 4.79 Å². The maximum atomic E-state index is 12.9. The van der Waals surface area contributed by atoms with Gasteiger partial charge < -0.3 is 10.7 Å². The number of imidazole rings is 1. The number of rotatable bonds is 2. The Balaban J connectivity index is 2.17. The van der Waals surface area contributed by atoms with Crippen LogP contribution in [0.2, 0.25) is 5.02 Å². The number of carbonyl (C=O) groups excluding carboxylic acids is 1. The van der Waals surface area contributed by atoms with Crippen LogP contribution < -0.4 is 5.73 Å². The maximum absolute atomic E-state index is 12.9. The number of amides is 1. The second-order valence-corrected chi connectivity index (χ2v) is 4.72. The number of H-pyrrole nitrogens is 1. The monoisotopic (exact) mass is 289 g/mol. The molecule has 3 N–H and O–H groups in total. The normalized spacial score (nSPS) is 10.9. The highest BCUT2D eigenvalue weighted by atomic mass is 35.5. The summed E-state index contributed by atoms with van der Waals surface area (Å²) in [5.74, 6) is -0.339. The smallest absolute Gasteiger partial charge is 0.248 e. The molecular formula is C14H9ClFN3O. The molecule has 0 spiro atoms. The number of halogens is 2. The van der Waals surface area contributed by atoms with Crippen LogP contribution in [0.3, 0.4) is 0 Å². The summed E-state index contributed by atoms with van der Waals surface area (Å²) < 4.78 is 12.9. The number of nitrogens with two attached hydrogens (primary N) is 1. The fourth-order valence-electron chi connectivity index (χ4n) is 1.96. The third-order valence-corrected chi connectivity index (χ3v) is 3.23. The molecule has 0 aliphatic carbocycles. The van der Waals surface area contributed by atoms with Crippen molar-refractivity contribution >= 4 is 28.5 Å². The van der Waals surface area contributed by atoms with Crippen LogP contribution in [0.1, 0.15) is 10.4 Å². The van der Waals surface area contributed by atoms with Crippen molar-refractivity contribution in [1.29, 1.82) is 0 Å². The van der Waals surface area contributed by atoms with E-state index in [0.717, 1.165) is 5.56 Å². The Bertz CT molecular complexity index is 811. The zero-order valence-electron chi connectivity index (χ0n) is 10.2. The molecule has 0 aliphatic rings. The molecule has 3 rings (SSSR count). The zero-order chi connectivity index (χ0) is 14.3. The van der Waals surface area contributed by atoms with E-state index in [9.17, 15) is 9.18 Å². The Morgan fingerprint density at radius 3 is 2.60 bits per heavy atom. The van der Waals surface area contributed by atoms with Gasteiger partial charge in [-0.2, -0.15) is 0 Å². The zero-order valence-corrected chi connectivity index (χ0v) is 10.9. The van der Waals surface area contributed by atoms with Crippen LogP contribution in [0.4, 0.5) is 4.39 Å². The summed E-state index contributed by atoms with van der Waals surface area (Å²) in [4.78, 5) is 18.6. The third kappa shape index (κ3) is 2.12. The first-order chi connectivity index (χ1) is 9.54.